The summed E-state index contributed by atoms with van der Waals surface area (Å²) in [7, 11) is 0. The summed E-state index contributed by atoms with van der Waals surface area (Å²) in [5.74, 6) is 0.516. The zero-order valence-electron chi connectivity index (χ0n) is 10.4. The number of hydrogen-bond donors (Lipinski definition) is 2. The van der Waals surface area contributed by atoms with Crippen LogP contribution in [0.25, 0.3) is 21.8 Å². The number of H-pyrrole nitrogens is 1. The molecule has 0 fully saturated rings. The van der Waals surface area contributed by atoms with Crippen LogP contribution in [0.3, 0.4) is 0 Å². The predicted molar refractivity (Wildman–Crippen MR) is 74.4 cm³/mol. The second kappa shape index (κ2) is 4.29. The standard InChI is InChI=1S/C14H16N4/c1-2-3-5-9-6-4-7-11-12(9)10-8-16-18-13(10)14(15)17-11/h4,6-8H,2-3,5H2,1H3,(H2,15,17)(H,16,18). The Balaban J connectivity index is 2.33. The molecule has 0 saturated carbocycles. The van der Waals surface area contributed by atoms with Gasteiger partial charge in [0.1, 0.15) is 11.3 Å². The van der Waals surface area contributed by atoms with Crippen LogP contribution in [0.5, 0.6) is 0 Å². The molecule has 18 heavy (non-hydrogen) atoms. The highest BCUT2D eigenvalue weighted by atomic mass is 15.1. The van der Waals surface area contributed by atoms with Crippen molar-refractivity contribution in [3.8, 4) is 0 Å². The van der Waals surface area contributed by atoms with E-state index in [1.54, 1.807) is 0 Å². The van der Waals surface area contributed by atoms with Gasteiger partial charge in [0.2, 0.25) is 0 Å². The van der Waals surface area contributed by atoms with Crippen LogP contribution < -0.4 is 5.73 Å². The van der Waals surface area contributed by atoms with Crippen LogP contribution in [0.4, 0.5) is 5.82 Å². The molecule has 4 heteroatoms. The topological polar surface area (TPSA) is 67.6 Å². The average molecular weight is 240 g/mol. The number of aryl methyl sites for hydroxylation is 1. The van der Waals surface area contributed by atoms with Gasteiger partial charge in [0.25, 0.3) is 0 Å². The summed E-state index contributed by atoms with van der Waals surface area (Å²) in [4.78, 5) is 4.45. The molecule has 0 aliphatic carbocycles. The number of nitrogens with zero attached hydrogens (tertiary/aromatic N) is 2. The van der Waals surface area contributed by atoms with Gasteiger partial charge in [-0.3, -0.25) is 5.10 Å². The van der Waals surface area contributed by atoms with Crippen molar-refractivity contribution in [1.82, 2.24) is 15.2 Å². The molecular weight excluding hydrogens is 224 g/mol. The van der Waals surface area contributed by atoms with Gasteiger partial charge in [-0.15, -0.1) is 0 Å². The number of fused-ring (bicyclic) bond motifs is 3. The number of nitrogens with one attached hydrogen (secondary N) is 1. The fraction of sp³-hybridized carbons (Fsp3) is 0.286. The molecule has 0 amide bonds. The first-order chi connectivity index (χ1) is 8.81. The zero-order valence-corrected chi connectivity index (χ0v) is 10.4. The first-order valence-electron chi connectivity index (χ1n) is 6.31. The van der Waals surface area contributed by atoms with E-state index in [2.05, 4.69) is 28.2 Å². The molecule has 0 spiro atoms. The first kappa shape index (κ1) is 11.0. The van der Waals surface area contributed by atoms with Gasteiger partial charge in [-0.1, -0.05) is 25.5 Å². The van der Waals surface area contributed by atoms with Gasteiger partial charge >= 0.3 is 0 Å². The molecule has 0 bridgehead atoms. The smallest absolute Gasteiger partial charge is 0.150 e. The Morgan fingerprint density at radius 3 is 3.06 bits per heavy atom. The molecule has 3 aromatic rings. The van der Waals surface area contributed by atoms with Gasteiger partial charge in [-0.2, -0.15) is 5.10 Å². The Morgan fingerprint density at radius 2 is 2.22 bits per heavy atom. The van der Waals surface area contributed by atoms with E-state index in [0.29, 0.717) is 5.82 Å². The summed E-state index contributed by atoms with van der Waals surface area (Å²) in [5, 5.41) is 9.27. The number of aromatic amines is 1. The van der Waals surface area contributed by atoms with Gasteiger partial charge < -0.3 is 5.73 Å². The maximum atomic E-state index is 5.93. The average Bonchev–Trinajstić information content (AvgIpc) is 2.86. The van der Waals surface area contributed by atoms with Crippen molar-refractivity contribution in [2.24, 2.45) is 0 Å². The lowest BCUT2D eigenvalue weighted by atomic mass is 10.0. The minimum atomic E-state index is 0.516. The van der Waals surface area contributed by atoms with E-state index in [4.69, 9.17) is 5.73 Å². The molecule has 0 unspecified atom stereocenters. The summed E-state index contributed by atoms with van der Waals surface area (Å²) >= 11 is 0. The number of hydrogen-bond acceptors (Lipinski definition) is 3. The lowest BCUT2D eigenvalue weighted by Gasteiger charge is -2.07. The maximum absolute atomic E-state index is 5.93. The normalized spacial score (nSPS) is 11.4. The number of pyridine rings is 1. The fourth-order valence-corrected chi connectivity index (χ4v) is 2.42. The van der Waals surface area contributed by atoms with E-state index >= 15 is 0 Å². The Kier molecular flexibility index (Phi) is 2.63. The van der Waals surface area contributed by atoms with Gasteiger partial charge in [0, 0.05) is 10.8 Å². The van der Waals surface area contributed by atoms with Gasteiger partial charge in [0.15, 0.2) is 0 Å². The Bertz CT molecular complexity index is 699. The van der Waals surface area contributed by atoms with Crippen molar-refractivity contribution < 1.29 is 0 Å². The van der Waals surface area contributed by atoms with Crippen molar-refractivity contribution >= 4 is 27.6 Å². The van der Waals surface area contributed by atoms with Crippen molar-refractivity contribution in [2.75, 3.05) is 5.73 Å². The van der Waals surface area contributed by atoms with Gasteiger partial charge in [-0.25, -0.2) is 4.98 Å². The molecule has 1 aromatic carbocycles. The molecule has 3 rings (SSSR count). The summed E-state index contributed by atoms with van der Waals surface area (Å²) in [6.45, 7) is 2.20. The quantitative estimate of drug-likeness (QED) is 0.739. The Labute approximate surface area is 105 Å². The second-order valence-corrected chi connectivity index (χ2v) is 4.57. The minimum Gasteiger partial charge on any atom is -0.382 e. The van der Waals surface area contributed by atoms with E-state index in [1.807, 2.05) is 18.3 Å². The molecule has 3 N–H and O–H groups in total. The molecule has 4 nitrogen and oxygen atoms in total. The highest BCUT2D eigenvalue weighted by Gasteiger charge is 2.10. The Hall–Kier alpha value is -2.10. The third kappa shape index (κ3) is 1.61. The lowest BCUT2D eigenvalue weighted by Crippen LogP contribution is -1.95. The highest BCUT2D eigenvalue weighted by molar-refractivity contribution is 6.09. The van der Waals surface area contributed by atoms with E-state index < -0.39 is 0 Å². The number of nitrogen functional groups attached to an aromatic ring is 1. The SMILES string of the molecule is CCCCc1cccc2nc(N)c3[nH]ncc3c12. The van der Waals surface area contributed by atoms with E-state index in [1.165, 1.54) is 23.8 Å². The number of nitrogens with two attached hydrogens (primary N) is 1. The summed E-state index contributed by atoms with van der Waals surface area (Å²) in [6.07, 6.45) is 5.28. The molecule has 0 radical (unpaired) electrons. The fourth-order valence-electron chi connectivity index (χ4n) is 2.42. The van der Waals surface area contributed by atoms with Crippen LogP contribution >= 0.6 is 0 Å². The number of unbranched alkanes of at least 4 members (excludes halogenated alkanes) is 1. The molecule has 0 saturated heterocycles. The zero-order chi connectivity index (χ0) is 12.5. The van der Waals surface area contributed by atoms with Crippen molar-refractivity contribution in [3.63, 3.8) is 0 Å². The van der Waals surface area contributed by atoms with Crippen LogP contribution in [-0.4, -0.2) is 15.2 Å². The third-order valence-electron chi connectivity index (χ3n) is 3.33. The van der Waals surface area contributed by atoms with Crippen LogP contribution in [0, 0.1) is 0 Å². The van der Waals surface area contributed by atoms with Crippen LogP contribution in [-0.2, 0) is 6.42 Å². The molecule has 0 atom stereocenters. The summed E-state index contributed by atoms with van der Waals surface area (Å²) < 4.78 is 0. The number of benzene rings is 1. The summed E-state index contributed by atoms with van der Waals surface area (Å²) in [6, 6.07) is 6.22. The second-order valence-electron chi connectivity index (χ2n) is 4.57. The minimum absolute atomic E-state index is 0.516. The molecule has 92 valence electrons. The van der Waals surface area contributed by atoms with Crippen molar-refractivity contribution in [1.29, 1.82) is 0 Å². The summed E-state index contributed by atoms with van der Waals surface area (Å²) in [5.41, 5.74) is 9.05. The van der Waals surface area contributed by atoms with Crippen molar-refractivity contribution in [3.05, 3.63) is 30.0 Å². The largest absolute Gasteiger partial charge is 0.382 e. The number of aromatic nitrogens is 3. The monoisotopic (exact) mass is 240 g/mol. The molecule has 2 heterocycles. The highest BCUT2D eigenvalue weighted by Crippen LogP contribution is 2.29. The maximum Gasteiger partial charge on any atom is 0.150 e. The third-order valence-corrected chi connectivity index (χ3v) is 3.33. The van der Waals surface area contributed by atoms with Crippen LogP contribution in [0.2, 0.25) is 0 Å². The molecule has 0 aliphatic heterocycles. The van der Waals surface area contributed by atoms with E-state index in [9.17, 15) is 0 Å². The molecule has 0 aliphatic rings. The number of anilines is 1. The van der Waals surface area contributed by atoms with Crippen LogP contribution in [0.15, 0.2) is 24.4 Å². The van der Waals surface area contributed by atoms with E-state index in [0.717, 1.165) is 22.8 Å². The molecular formula is C14H16N4. The van der Waals surface area contributed by atoms with Crippen LogP contribution in [0.1, 0.15) is 25.3 Å². The predicted octanol–water partition coefficient (Wildman–Crippen LogP) is 3.04. The van der Waals surface area contributed by atoms with Gasteiger partial charge in [-0.05, 0) is 24.5 Å². The van der Waals surface area contributed by atoms with Gasteiger partial charge in [0.05, 0.1) is 11.7 Å². The number of rotatable bonds is 3. The van der Waals surface area contributed by atoms with E-state index in [-0.39, 0.29) is 0 Å². The molecule has 2 aromatic heterocycles. The van der Waals surface area contributed by atoms with Crippen molar-refractivity contribution in [2.45, 2.75) is 26.2 Å². The first-order valence-corrected chi connectivity index (χ1v) is 6.31. The Morgan fingerprint density at radius 1 is 1.33 bits per heavy atom. The lowest BCUT2D eigenvalue weighted by molar-refractivity contribution is 0.799.